The summed E-state index contributed by atoms with van der Waals surface area (Å²) in [6.07, 6.45) is 0.980. The van der Waals surface area contributed by atoms with E-state index in [4.69, 9.17) is 5.84 Å². The van der Waals surface area contributed by atoms with Gasteiger partial charge in [-0.15, -0.1) is 0 Å². The number of anilines is 2. The van der Waals surface area contributed by atoms with E-state index in [-0.39, 0.29) is 17.1 Å². The maximum atomic E-state index is 13.8. The first-order valence-electron chi connectivity index (χ1n) is 6.40. The van der Waals surface area contributed by atoms with E-state index in [0.717, 1.165) is 25.6 Å². The maximum Gasteiger partial charge on any atom is 0.178 e. The highest BCUT2D eigenvalue weighted by molar-refractivity contribution is 5.49. The molecular formula is C13H20F2N4. The van der Waals surface area contributed by atoms with Crippen molar-refractivity contribution >= 4 is 11.6 Å². The van der Waals surface area contributed by atoms with Gasteiger partial charge in [-0.25, -0.2) is 19.6 Å². The van der Waals surface area contributed by atoms with Crippen LogP contribution in [0.5, 0.6) is 0 Å². The molecule has 1 fully saturated rings. The molecule has 1 aliphatic rings. The number of hydrazine groups is 1. The van der Waals surface area contributed by atoms with E-state index >= 15 is 0 Å². The highest BCUT2D eigenvalue weighted by atomic mass is 19.1. The lowest BCUT2D eigenvalue weighted by atomic mass is 9.80. The molecule has 1 saturated heterocycles. The quantitative estimate of drug-likeness (QED) is 0.640. The summed E-state index contributed by atoms with van der Waals surface area (Å²) in [5.41, 5.74) is 2.32. The van der Waals surface area contributed by atoms with E-state index in [1.807, 2.05) is 4.90 Å². The van der Waals surface area contributed by atoms with Crippen LogP contribution < -0.4 is 16.2 Å². The lowest BCUT2D eigenvalue weighted by molar-refractivity contribution is 0.263. The molecule has 19 heavy (non-hydrogen) atoms. The van der Waals surface area contributed by atoms with Crippen LogP contribution in [0, 0.1) is 23.0 Å². The fraction of sp³-hybridized carbons (Fsp3) is 0.615. The van der Waals surface area contributed by atoms with Crippen LogP contribution in [0.25, 0.3) is 0 Å². The zero-order valence-electron chi connectivity index (χ0n) is 11.5. The summed E-state index contributed by atoms with van der Waals surface area (Å²) in [5.74, 6) is 4.25. The second-order valence-electron chi connectivity index (χ2n) is 6.07. The van der Waals surface area contributed by atoms with Crippen molar-refractivity contribution in [1.82, 2.24) is 4.98 Å². The minimum absolute atomic E-state index is 0.129. The second-order valence-corrected chi connectivity index (χ2v) is 6.07. The first kappa shape index (κ1) is 14.0. The van der Waals surface area contributed by atoms with Gasteiger partial charge in [0, 0.05) is 19.2 Å². The van der Waals surface area contributed by atoms with Crippen LogP contribution in [0.3, 0.4) is 0 Å². The van der Waals surface area contributed by atoms with Crippen molar-refractivity contribution in [3.8, 4) is 0 Å². The Kier molecular flexibility index (Phi) is 3.62. The highest BCUT2D eigenvalue weighted by Gasteiger charge is 2.33. The molecule has 0 saturated carbocycles. The van der Waals surface area contributed by atoms with E-state index in [9.17, 15) is 8.78 Å². The number of halogens is 2. The summed E-state index contributed by atoms with van der Waals surface area (Å²) in [5, 5.41) is 0. The molecule has 1 aromatic heterocycles. The highest BCUT2D eigenvalue weighted by Crippen LogP contribution is 2.36. The number of hydrogen-bond acceptors (Lipinski definition) is 4. The standard InChI is InChI=1S/C13H20F2N4/c1-13(2,3)8-4-5-19(7-8)12-10(15)6-9(14)11(17-12)18-16/h6,8H,4-5,7,16H2,1-3H3,(H,17,18). The third kappa shape index (κ3) is 2.78. The van der Waals surface area contributed by atoms with Gasteiger partial charge in [0.2, 0.25) is 0 Å². The van der Waals surface area contributed by atoms with Gasteiger partial charge in [-0.05, 0) is 17.8 Å². The molecule has 4 nitrogen and oxygen atoms in total. The predicted octanol–water partition coefficient (Wildman–Crippen LogP) is 2.52. The van der Waals surface area contributed by atoms with Crippen molar-refractivity contribution in [3.05, 3.63) is 17.7 Å². The Morgan fingerprint density at radius 2 is 2.05 bits per heavy atom. The zero-order chi connectivity index (χ0) is 14.2. The second kappa shape index (κ2) is 4.92. The van der Waals surface area contributed by atoms with Gasteiger partial charge in [-0.2, -0.15) is 0 Å². The van der Waals surface area contributed by atoms with Crippen molar-refractivity contribution in [2.75, 3.05) is 23.4 Å². The van der Waals surface area contributed by atoms with Crippen molar-refractivity contribution in [2.45, 2.75) is 27.2 Å². The zero-order valence-corrected chi connectivity index (χ0v) is 11.5. The van der Waals surface area contributed by atoms with Crippen LogP contribution >= 0.6 is 0 Å². The van der Waals surface area contributed by atoms with Gasteiger partial charge in [0.25, 0.3) is 0 Å². The molecule has 1 unspecified atom stereocenters. The molecule has 0 spiro atoms. The normalized spacial score (nSPS) is 19.9. The summed E-state index contributed by atoms with van der Waals surface area (Å²) in [7, 11) is 0. The van der Waals surface area contributed by atoms with Gasteiger partial charge in [-0.3, -0.25) is 0 Å². The first-order chi connectivity index (χ1) is 8.82. The Labute approximate surface area is 112 Å². The Morgan fingerprint density at radius 3 is 2.58 bits per heavy atom. The van der Waals surface area contributed by atoms with Gasteiger partial charge >= 0.3 is 0 Å². The van der Waals surface area contributed by atoms with Crippen LogP contribution in [0.4, 0.5) is 20.4 Å². The smallest absolute Gasteiger partial charge is 0.178 e. The molecule has 0 aliphatic carbocycles. The Hall–Kier alpha value is -1.43. The fourth-order valence-electron chi connectivity index (χ4n) is 2.44. The number of aromatic nitrogens is 1. The fourth-order valence-corrected chi connectivity index (χ4v) is 2.44. The van der Waals surface area contributed by atoms with Gasteiger partial charge in [-0.1, -0.05) is 20.8 Å². The first-order valence-corrected chi connectivity index (χ1v) is 6.40. The van der Waals surface area contributed by atoms with Crippen molar-refractivity contribution in [3.63, 3.8) is 0 Å². The third-order valence-electron chi connectivity index (χ3n) is 3.76. The van der Waals surface area contributed by atoms with Crippen LogP contribution in [0.1, 0.15) is 27.2 Å². The largest absolute Gasteiger partial charge is 0.354 e. The summed E-state index contributed by atoms with van der Waals surface area (Å²) in [6.45, 7) is 7.96. The molecule has 3 N–H and O–H groups in total. The molecule has 106 valence electrons. The van der Waals surface area contributed by atoms with Gasteiger partial charge < -0.3 is 10.3 Å². The van der Waals surface area contributed by atoms with E-state index in [2.05, 4.69) is 31.2 Å². The van der Waals surface area contributed by atoms with Crippen molar-refractivity contribution < 1.29 is 8.78 Å². The third-order valence-corrected chi connectivity index (χ3v) is 3.76. The Morgan fingerprint density at radius 1 is 1.37 bits per heavy atom. The van der Waals surface area contributed by atoms with Crippen LogP contribution in [0.15, 0.2) is 6.07 Å². The molecule has 0 amide bonds. The van der Waals surface area contributed by atoms with Crippen molar-refractivity contribution in [2.24, 2.45) is 17.2 Å². The monoisotopic (exact) mass is 270 g/mol. The molecule has 1 aromatic rings. The average molecular weight is 270 g/mol. The number of nitrogens with zero attached hydrogens (tertiary/aromatic N) is 2. The lowest BCUT2D eigenvalue weighted by Crippen LogP contribution is -2.27. The van der Waals surface area contributed by atoms with Gasteiger partial charge in [0.15, 0.2) is 23.3 Å². The summed E-state index contributed by atoms with van der Waals surface area (Å²) < 4.78 is 27.1. The minimum atomic E-state index is -0.782. The number of nitrogens with one attached hydrogen (secondary N) is 1. The molecular weight excluding hydrogens is 250 g/mol. The van der Waals surface area contributed by atoms with E-state index in [1.165, 1.54) is 0 Å². The van der Waals surface area contributed by atoms with Gasteiger partial charge in [0.05, 0.1) is 0 Å². The summed E-state index contributed by atoms with van der Waals surface area (Å²) in [6, 6.07) is 0.821. The molecule has 2 heterocycles. The SMILES string of the molecule is CC(C)(C)C1CCN(c2nc(NN)c(F)cc2F)C1. The maximum absolute atomic E-state index is 13.8. The molecule has 0 aromatic carbocycles. The topological polar surface area (TPSA) is 54.2 Å². The Bertz CT molecular complexity index is 470. The van der Waals surface area contributed by atoms with E-state index in [0.29, 0.717) is 5.92 Å². The van der Waals surface area contributed by atoms with E-state index < -0.39 is 11.6 Å². The molecule has 0 radical (unpaired) electrons. The lowest BCUT2D eigenvalue weighted by Gasteiger charge is -2.27. The van der Waals surface area contributed by atoms with Crippen LogP contribution in [-0.2, 0) is 0 Å². The molecule has 1 atom stereocenters. The summed E-state index contributed by atoms with van der Waals surface area (Å²) in [4.78, 5) is 5.78. The predicted molar refractivity (Wildman–Crippen MR) is 71.7 cm³/mol. The van der Waals surface area contributed by atoms with E-state index in [1.54, 1.807) is 0 Å². The van der Waals surface area contributed by atoms with Gasteiger partial charge in [0.1, 0.15) is 0 Å². The molecule has 6 heteroatoms. The van der Waals surface area contributed by atoms with Crippen LogP contribution in [-0.4, -0.2) is 18.1 Å². The molecule has 0 bridgehead atoms. The molecule has 1 aliphatic heterocycles. The summed E-state index contributed by atoms with van der Waals surface area (Å²) >= 11 is 0. The number of rotatable bonds is 2. The molecule has 2 rings (SSSR count). The minimum Gasteiger partial charge on any atom is -0.354 e. The van der Waals surface area contributed by atoms with Crippen molar-refractivity contribution in [1.29, 1.82) is 0 Å². The Balaban J connectivity index is 2.24. The number of nitrogens with two attached hydrogens (primary N) is 1. The number of nitrogen functional groups attached to an aromatic ring is 1. The average Bonchev–Trinajstić information content (AvgIpc) is 2.78. The number of pyridine rings is 1. The van der Waals surface area contributed by atoms with Crippen LogP contribution in [0.2, 0.25) is 0 Å². The number of hydrogen-bond donors (Lipinski definition) is 2.